The average molecular weight is 319 g/mol. The maximum atomic E-state index is 5.04. The summed E-state index contributed by atoms with van der Waals surface area (Å²) in [6.07, 6.45) is 6.51. The van der Waals surface area contributed by atoms with Crippen LogP contribution in [0.4, 0.5) is 5.13 Å². The van der Waals surface area contributed by atoms with Crippen molar-refractivity contribution in [1.82, 2.24) is 19.9 Å². The van der Waals surface area contributed by atoms with Gasteiger partial charge in [0.15, 0.2) is 5.13 Å². The van der Waals surface area contributed by atoms with Crippen molar-refractivity contribution in [2.45, 2.75) is 13.0 Å². The maximum absolute atomic E-state index is 5.04. The number of thiazole rings is 1. The summed E-state index contributed by atoms with van der Waals surface area (Å²) in [7, 11) is 1.69. The Morgan fingerprint density at radius 2 is 1.91 bits per heavy atom. The van der Waals surface area contributed by atoms with Crippen LogP contribution in [0.3, 0.4) is 0 Å². The fourth-order valence-electron chi connectivity index (χ4n) is 2.51. The number of hydrogen-bond acceptors (Lipinski definition) is 7. The number of nitrogens with zero attached hydrogens (tertiary/aromatic N) is 5. The van der Waals surface area contributed by atoms with Gasteiger partial charge in [-0.05, 0) is 0 Å². The number of aromatic nitrogens is 3. The third kappa shape index (κ3) is 4.00. The zero-order valence-electron chi connectivity index (χ0n) is 12.8. The molecule has 0 aromatic carbocycles. The molecular formula is C15H21N5OS. The molecule has 0 saturated carbocycles. The van der Waals surface area contributed by atoms with E-state index < -0.39 is 0 Å². The highest BCUT2D eigenvalue weighted by Gasteiger charge is 2.18. The van der Waals surface area contributed by atoms with Crippen molar-refractivity contribution in [2.75, 3.05) is 44.8 Å². The van der Waals surface area contributed by atoms with Crippen molar-refractivity contribution < 1.29 is 4.74 Å². The molecule has 6 nitrogen and oxygen atoms in total. The van der Waals surface area contributed by atoms with E-state index in [-0.39, 0.29) is 0 Å². The van der Waals surface area contributed by atoms with E-state index in [1.54, 1.807) is 18.4 Å². The molecule has 1 fully saturated rings. The minimum absolute atomic E-state index is 0.665. The number of anilines is 1. The Labute approximate surface area is 134 Å². The summed E-state index contributed by atoms with van der Waals surface area (Å²) in [4.78, 5) is 18.0. The molecule has 2 aromatic heterocycles. The molecule has 1 aliphatic heterocycles. The quantitative estimate of drug-likeness (QED) is 0.803. The number of piperazine rings is 1. The van der Waals surface area contributed by atoms with Crippen molar-refractivity contribution in [3.05, 3.63) is 35.4 Å². The maximum Gasteiger partial charge on any atom is 0.185 e. The van der Waals surface area contributed by atoms with E-state index >= 15 is 0 Å². The van der Waals surface area contributed by atoms with Gasteiger partial charge in [0.2, 0.25) is 0 Å². The smallest absolute Gasteiger partial charge is 0.185 e. The van der Waals surface area contributed by atoms with Gasteiger partial charge in [0.25, 0.3) is 0 Å². The van der Waals surface area contributed by atoms with Crippen LogP contribution >= 0.6 is 11.3 Å². The van der Waals surface area contributed by atoms with Gasteiger partial charge in [-0.3, -0.25) is 4.90 Å². The van der Waals surface area contributed by atoms with Crippen molar-refractivity contribution in [3.63, 3.8) is 0 Å². The predicted molar refractivity (Wildman–Crippen MR) is 87.2 cm³/mol. The van der Waals surface area contributed by atoms with E-state index in [1.807, 2.05) is 24.0 Å². The minimum Gasteiger partial charge on any atom is -0.384 e. The molecule has 0 unspecified atom stereocenters. The third-order valence-corrected chi connectivity index (χ3v) is 4.59. The normalized spacial score (nSPS) is 16.1. The number of methoxy groups -OCH3 is 1. The van der Waals surface area contributed by atoms with Crippen LogP contribution in [0.25, 0.3) is 0 Å². The van der Waals surface area contributed by atoms with Crippen LogP contribution in [0.2, 0.25) is 0 Å². The highest BCUT2D eigenvalue weighted by atomic mass is 32.1. The molecule has 3 rings (SSSR count). The summed E-state index contributed by atoms with van der Waals surface area (Å²) in [5.41, 5.74) is 1.17. The van der Waals surface area contributed by atoms with E-state index in [4.69, 9.17) is 4.74 Å². The predicted octanol–water partition coefficient (Wildman–Crippen LogP) is 1.44. The molecule has 0 spiro atoms. The highest BCUT2D eigenvalue weighted by molar-refractivity contribution is 7.13. The molecule has 3 heterocycles. The lowest BCUT2D eigenvalue weighted by Crippen LogP contribution is -2.45. The number of hydrogen-bond donors (Lipinski definition) is 0. The Morgan fingerprint density at radius 1 is 1.14 bits per heavy atom. The van der Waals surface area contributed by atoms with E-state index in [2.05, 4.69) is 24.8 Å². The first-order valence-electron chi connectivity index (χ1n) is 7.50. The molecular weight excluding hydrogens is 298 g/mol. The molecule has 0 aliphatic carbocycles. The van der Waals surface area contributed by atoms with Gasteiger partial charge in [0.1, 0.15) is 5.82 Å². The molecule has 22 heavy (non-hydrogen) atoms. The minimum atomic E-state index is 0.665. The summed E-state index contributed by atoms with van der Waals surface area (Å²) < 4.78 is 5.04. The Hall–Kier alpha value is -1.57. The molecule has 1 aliphatic rings. The molecule has 118 valence electrons. The first-order chi connectivity index (χ1) is 10.8. The Balaban J connectivity index is 1.48. The second-order valence-electron chi connectivity index (χ2n) is 5.33. The van der Waals surface area contributed by atoms with Gasteiger partial charge in [-0.15, -0.1) is 11.3 Å². The van der Waals surface area contributed by atoms with Gasteiger partial charge >= 0.3 is 0 Å². The van der Waals surface area contributed by atoms with Crippen LogP contribution in [-0.2, 0) is 17.7 Å². The molecule has 0 atom stereocenters. The van der Waals surface area contributed by atoms with E-state index in [0.717, 1.165) is 50.1 Å². The zero-order chi connectivity index (χ0) is 15.2. The number of ether oxygens (including phenoxy) is 1. The van der Waals surface area contributed by atoms with Gasteiger partial charge in [-0.1, -0.05) is 0 Å². The lowest BCUT2D eigenvalue weighted by atomic mass is 10.2. The van der Waals surface area contributed by atoms with Gasteiger partial charge in [0, 0.05) is 75.8 Å². The summed E-state index contributed by atoms with van der Waals surface area (Å²) in [5.74, 6) is 0.846. The molecule has 7 heteroatoms. The summed E-state index contributed by atoms with van der Waals surface area (Å²) in [6.45, 7) is 5.73. The fourth-order valence-corrected chi connectivity index (χ4v) is 3.21. The molecule has 0 radical (unpaired) electrons. The van der Waals surface area contributed by atoms with Crippen LogP contribution in [0, 0.1) is 0 Å². The summed E-state index contributed by atoms with van der Waals surface area (Å²) in [6, 6.07) is 0. The van der Waals surface area contributed by atoms with Crippen LogP contribution in [-0.4, -0.2) is 59.7 Å². The van der Waals surface area contributed by atoms with E-state index in [1.165, 1.54) is 5.56 Å². The molecule has 0 N–H and O–H groups in total. The number of rotatable bonds is 6. The SMILES string of the molecule is COCCc1ncc(CN2CCN(c3nccs3)CC2)cn1. The van der Waals surface area contributed by atoms with Gasteiger partial charge in [-0.2, -0.15) is 0 Å². The molecule has 0 amide bonds. The largest absolute Gasteiger partial charge is 0.384 e. The van der Waals surface area contributed by atoms with Crippen LogP contribution in [0.5, 0.6) is 0 Å². The Morgan fingerprint density at radius 3 is 2.55 bits per heavy atom. The standard InChI is InChI=1S/C15H21N5OS/c1-21-8-2-14-17-10-13(11-18-14)12-19-4-6-20(7-5-19)15-16-3-9-22-15/h3,9-11H,2,4-8,12H2,1H3. The third-order valence-electron chi connectivity index (χ3n) is 3.76. The van der Waals surface area contributed by atoms with Crippen LogP contribution < -0.4 is 4.90 Å². The fraction of sp³-hybridized carbons (Fsp3) is 0.533. The van der Waals surface area contributed by atoms with Crippen molar-refractivity contribution in [2.24, 2.45) is 0 Å². The van der Waals surface area contributed by atoms with E-state index in [0.29, 0.717) is 6.61 Å². The van der Waals surface area contributed by atoms with Crippen molar-refractivity contribution in [3.8, 4) is 0 Å². The lowest BCUT2D eigenvalue weighted by Gasteiger charge is -2.34. The van der Waals surface area contributed by atoms with Crippen molar-refractivity contribution >= 4 is 16.5 Å². The Bertz CT molecular complexity index is 552. The second kappa shape index (κ2) is 7.62. The summed E-state index contributed by atoms with van der Waals surface area (Å²) >= 11 is 1.71. The van der Waals surface area contributed by atoms with Gasteiger partial charge < -0.3 is 9.64 Å². The molecule has 2 aromatic rings. The molecule has 1 saturated heterocycles. The second-order valence-corrected chi connectivity index (χ2v) is 6.20. The topological polar surface area (TPSA) is 54.4 Å². The molecule has 0 bridgehead atoms. The lowest BCUT2D eigenvalue weighted by molar-refractivity contribution is 0.200. The zero-order valence-corrected chi connectivity index (χ0v) is 13.6. The van der Waals surface area contributed by atoms with E-state index in [9.17, 15) is 0 Å². The average Bonchev–Trinajstić information content (AvgIpc) is 3.09. The summed E-state index contributed by atoms with van der Waals surface area (Å²) in [5, 5.41) is 3.16. The van der Waals surface area contributed by atoms with Crippen molar-refractivity contribution in [1.29, 1.82) is 0 Å². The van der Waals surface area contributed by atoms with Crippen LogP contribution in [0.1, 0.15) is 11.4 Å². The monoisotopic (exact) mass is 319 g/mol. The van der Waals surface area contributed by atoms with Gasteiger partial charge in [0.05, 0.1) is 6.61 Å². The Kier molecular flexibility index (Phi) is 5.31. The first kappa shape index (κ1) is 15.3. The van der Waals surface area contributed by atoms with Crippen LogP contribution in [0.15, 0.2) is 24.0 Å². The highest BCUT2D eigenvalue weighted by Crippen LogP contribution is 2.19. The van der Waals surface area contributed by atoms with Gasteiger partial charge in [-0.25, -0.2) is 15.0 Å². The first-order valence-corrected chi connectivity index (χ1v) is 8.38.